The summed E-state index contributed by atoms with van der Waals surface area (Å²) in [6.07, 6.45) is 5.44. The summed E-state index contributed by atoms with van der Waals surface area (Å²) >= 11 is 0. The zero-order valence-corrected chi connectivity index (χ0v) is 23.1. The first-order chi connectivity index (χ1) is 19.0. The molecule has 5 rings (SSSR count). The molecule has 1 aromatic heterocycles. The number of fused-ring (bicyclic) bond motifs is 1. The van der Waals surface area contributed by atoms with E-state index in [0.717, 1.165) is 43.9 Å². The number of carbonyl (C=O) groups excluding carboxylic acids is 2. The maximum Gasteiger partial charge on any atom is 0.317 e. The highest BCUT2D eigenvalue weighted by Gasteiger charge is 2.45. The average Bonchev–Trinajstić information content (AvgIpc) is 3.36. The molecule has 10 nitrogen and oxygen atoms in total. The Labute approximate surface area is 231 Å². The topological polar surface area (TPSA) is 103 Å². The van der Waals surface area contributed by atoms with Gasteiger partial charge >= 0.3 is 6.03 Å². The molecule has 0 radical (unpaired) electrons. The maximum absolute atomic E-state index is 13.2. The van der Waals surface area contributed by atoms with Gasteiger partial charge in [0, 0.05) is 57.6 Å². The van der Waals surface area contributed by atoms with Gasteiger partial charge in [0.15, 0.2) is 0 Å². The van der Waals surface area contributed by atoms with E-state index in [-0.39, 0.29) is 18.0 Å². The number of hydrogen-bond acceptors (Lipinski definition) is 7. The van der Waals surface area contributed by atoms with Crippen LogP contribution in [0, 0.1) is 12.8 Å². The number of methoxy groups -OCH3 is 1. The first kappa shape index (κ1) is 27.2. The Morgan fingerprint density at radius 3 is 2.56 bits per heavy atom. The van der Waals surface area contributed by atoms with E-state index in [9.17, 15) is 9.59 Å². The standard InChI is InChI=1S/C29H41N7O3/c1-21-32-23(20-31-29(38)35-15-13-34(14-16-35)24-9-4-3-5-10-24)19-27(33-21)36-25-11-7-6-8-22(25)18-26(36)28(37)30-12-17-39-2/h3-5,9-10,19,22,25-26H,6-8,11-18,20H2,1-2H3,(H,30,37)(H,31,38)/t22-,25-,26-/m0/s1. The molecule has 3 heterocycles. The molecule has 0 bridgehead atoms. The van der Waals surface area contributed by atoms with E-state index in [1.165, 1.54) is 18.5 Å². The van der Waals surface area contributed by atoms with Crippen LogP contribution in [0.5, 0.6) is 0 Å². The number of anilines is 2. The van der Waals surface area contributed by atoms with E-state index in [1.807, 2.05) is 36.1 Å². The fourth-order valence-electron chi connectivity index (χ4n) is 6.34. The number of piperazine rings is 1. The quantitative estimate of drug-likeness (QED) is 0.501. The van der Waals surface area contributed by atoms with E-state index in [2.05, 4.69) is 37.6 Å². The molecule has 2 saturated heterocycles. The molecular formula is C29H41N7O3. The Morgan fingerprint density at radius 1 is 1.03 bits per heavy atom. The molecule has 3 aliphatic rings. The summed E-state index contributed by atoms with van der Waals surface area (Å²) in [7, 11) is 1.64. The second-order valence-electron chi connectivity index (χ2n) is 10.8. The Kier molecular flexibility index (Phi) is 8.81. The van der Waals surface area contributed by atoms with Gasteiger partial charge in [-0.25, -0.2) is 14.8 Å². The number of urea groups is 1. The minimum absolute atomic E-state index is 0.0298. The number of aryl methyl sites for hydroxylation is 1. The van der Waals surface area contributed by atoms with Gasteiger partial charge in [-0.2, -0.15) is 0 Å². The smallest absolute Gasteiger partial charge is 0.317 e. The lowest BCUT2D eigenvalue weighted by atomic mass is 9.84. The van der Waals surface area contributed by atoms with Crippen molar-refractivity contribution >= 4 is 23.4 Å². The second-order valence-corrected chi connectivity index (χ2v) is 10.8. The molecule has 3 atom stereocenters. The van der Waals surface area contributed by atoms with Crippen LogP contribution in [0.25, 0.3) is 0 Å². The number of para-hydroxylation sites is 1. The zero-order valence-electron chi connectivity index (χ0n) is 23.1. The van der Waals surface area contributed by atoms with Gasteiger partial charge in [-0.3, -0.25) is 4.79 Å². The molecule has 0 unspecified atom stereocenters. The molecule has 39 heavy (non-hydrogen) atoms. The van der Waals surface area contributed by atoms with Crippen LogP contribution in [-0.4, -0.2) is 85.3 Å². The van der Waals surface area contributed by atoms with E-state index in [4.69, 9.17) is 9.72 Å². The molecule has 1 aliphatic carbocycles. The largest absolute Gasteiger partial charge is 0.383 e. The van der Waals surface area contributed by atoms with E-state index in [1.54, 1.807) is 7.11 Å². The maximum atomic E-state index is 13.2. The highest BCUT2D eigenvalue weighted by atomic mass is 16.5. The summed E-state index contributed by atoms with van der Waals surface area (Å²) in [6.45, 7) is 6.13. The van der Waals surface area contributed by atoms with Crippen LogP contribution in [0.1, 0.15) is 43.6 Å². The monoisotopic (exact) mass is 535 g/mol. The van der Waals surface area contributed by atoms with Gasteiger partial charge in [-0.05, 0) is 44.2 Å². The Morgan fingerprint density at radius 2 is 1.79 bits per heavy atom. The highest BCUT2D eigenvalue weighted by molar-refractivity contribution is 5.86. The molecule has 2 aromatic rings. The van der Waals surface area contributed by atoms with Crippen molar-refractivity contribution in [2.45, 2.75) is 57.7 Å². The predicted octanol–water partition coefficient (Wildman–Crippen LogP) is 2.72. The van der Waals surface area contributed by atoms with Gasteiger partial charge in [0.1, 0.15) is 17.7 Å². The van der Waals surface area contributed by atoms with Gasteiger partial charge in [0.05, 0.1) is 18.8 Å². The molecule has 1 saturated carbocycles. The summed E-state index contributed by atoms with van der Waals surface area (Å²) < 4.78 is 5.12. The van der Waals surface area contributed by atoms with Crippen molar-refractivity contribution in [2.75, 3.05) is 56.2 Å². The van der Waals surface area contributed by atoms with Crippen molar-refractivity contribution < 1.29 is 14.3 Å². The number of hydrogen-bond donors (Lipinski definition) is 2. The first-order valence-electron chi connectivity index (χ1n) is 14.3. The summed E-state index contributed by atoms with van der Waals surface area (Å²) in [5.74, 6) is 1.95. The van der Waals surface area contributed by atoms with Crippen molar-refractivity contribution in [1.82, 2.24) is 25.5 Å². The van der Waals surface area contributed by atoms with Gasteiger partial charge in [-0.1, -0.05) is 31.0 Å². The van der Waals surface area contributed by atoms with Crippen molar-refractivity contribution in [3.8, 4) is 0 Å². The molecule has 3 fully saturated rings. The van der Waals surface area contributed by atoms with Crippen LogP contribution < -0.4 is 20.4 Å². The second kappa shape index (κ2) is 12.6. The first-order valence-corrected chi connectivity index (χ1v) is 14.3. The lowest BCUT2D eigenvalue weighted by Crippen LogP contribution is -2.51. The predicted molar refractivity (Wildman–Crippen MR) is 151 cm³/mol. The molecule has 2 aliphatic heterocycles. The Hall–Kier alpha value is -3.40. The van der Waals surface area contributed by atoms with Crippen LogP contribution in [0.2, 0.25) is 0 Å². The van der Waals surface area contributed by atoms with E-state index in [0.29, 0.717) is 50.6 Å². The fraction of sp³-hybridized carbons (Fsp3) is 0.586. The number of nitrogens with one attached hydrogen (secondary N) is 2. The van der Waals surface area contributed by atoms with Crippen LogP contribution in [0.4, 0.5) is 16.3 Å². The fourth-order valence-corrected chi connectivity index (χ4v) is 6.34. The number of nitrogens with zero attached hydrogens (tertiary/aromatic N) is 5. The summed E-state index contributed by atoms with van der Waals surface area (Å²) in [5.41, 5.74) is 1.95. The minimum atomic E-state index is -0.257. The van der Waals surface area contributed by atoms with E-state index >= 15 is 0 Å². The number of ether oxygens (including phenoxy) is 1. The van der Waals surface area contributed by atoms with Crippen LogP contribution in [-0.2, 0) is 16.1 Å². The molecule has 210 valence electrons. The van der Waals surface area contributed by atoms with Gasteiger partial charge in [0.25, 0.3) is 0 Å². The molecule has 10 heteroatoms. The number of benzene rings is 1. The molecule has 2 N–H and O–H groups in total. The third-order valence-electron chi connectivity index (χ3n) is 8.25. The third kappa shape index (κ3) is 6.43. The van der Waals surface area contributed by atoms with Crippen LogP contribution in [0.15, 0.2) is 36.4 Å². The number of aromatic nitrogens is 2. The van der Waals surface area contributed by atoms with Crippen molar-refractivity contribution in [1.29, 1.82) is 0 Å². The normalized spacial score (nSPS) is 22.9. The zero-order chi connectivity index (χ0) is 27.2. The van der Waals surface area contributed by atoms with Gasteiger partial charge < -0.3 is 30.1 Å². The Bertz CT molecular complexity index is 1120. The van der Waals surface area contributed by atoms with Gasteiger partial charge in [0.2, 0.25) is 5.91 Å². The van der Waals surface area contributed by atoms with E-state index < -0.39 is 0 Å². The summed E-state index contributed by atoms with van der Waals surface area (Å²) in [6, 6.07) is 12.2. The highest BCUT2D eigenvalue weighted by Crippen LogP contribution is 2.42. The van der Waals surface area contributed by atoms with Crippen molar-refractivity contribution in [2.24, 2.45) is 5.92 Å². The molecule has 1 aromatic carbocycles. The molecule has 0 spiro atoms. The summed E-state index contributed by atoms with van der Waals surface area (Å²) in [4.78, 5) is 42.0. The number of amides is 3. The Balaban J connectivity index is 1.23. The van der Waals surface area contributed by atoms with Crippen LogP contribution in [0.3, 0.4) is 0 Å². The lowest BCUT2D eigenvalue weighted by molar-refractivity contribution is -0.122. The van der Waals surface area contributed by atoms with Crippen molar-refractivity contribution in [3.63, 3.8) is 0 Å². The van der Waals surface area contributed by atoms with Gasteiger partial charge in [-0.15, -0.1) is 0 Å². The SMILES string of the molecule is COCCNC(=O)[C@@H]1C[C@@H]2CCCC[C@@H]2N1c1cc(CNC(=O)N2CCN(c3ccccc3)CC2)nc(C)n1. The number of carbonyl (C=O) groups is 2. The third-order valence-corrected chi connectivity index (χ3v) is 8.25. The average molecular weight is 536 g/mol. The minimum Gasteiger partial charge on any atom is -0.383 e. The lowest BCUT2D eigenvalue weighted by Gasteiger charge is -2.36. The molecular weight excluding hydrogens is 494 g/mol. The van der Waals surface area contributed by atoms with Crippen LogP contribution >= 0.6 is 0 Å². The van der Waals surface area contributed by atoms with Crippen molar-refractivity contribution in [3.05, 3.63) is 47.9 Å². The number of rotatable bonds is 8. The molecule has 3 amide bonds. The summed E-state index contributed by atoms with van der Waals surface area (Å²) in [5, 5.41) is 6.10.